The monoisotopic (exact) mass is 276 g/mol. The van der Waals surface area contributed by atoms with Gasteiger partial charge in [0.2, 0.25) is 11.8 Å². The van der Waals surface area contributed by atoms with E-state index in [1.165, 1.54) is 6.20 Å². The van der Waals surface area contributed by atoms with Crippen molar-refractivity contribution < 1.29 is 14.4 Å². The molecule has 0 spiro atoms. The third-order valence-corrected chi connectivity index (χ3v) is 3.23. The average molecular weight is 276 g/mol. The summed E-state index contributed by atoms with van der Waals surface area (Å²) >= 11 is 0. The number of hydrogen-bond donors (Lipinski definition) is 2. The van der Waals surface area contributed by atoms with Gasteiger partial charge in [0, 0.05) is 26.2 Å². The fourth-order valence-corrected chi connectivity index (χ4v) is 1.95. The largest absolute Gasteiger partial charge is 0.346 e. The molecule has 0 aliphatic carbocycles. The van der Waals surface area contributed by atoms with Gasteiger partial charge in [-0.3, -0.25) is 30.2 Å². The number of hydrazine groups is 1. The molecule has 7 nitrogen and oxygen atoms in total. The molecule has 20 heavy (non-hydrogen) atoms. The van der Waals surface area contributed by atoms with E-state index in [2.05, 4.69) is 15.8 Å². The number of hydrogen-bond acceptors (Lipinski definition) is 4. The van der Waals surface area contributed by atoms with Crippen LogP contribution in [0.2, 0.25) is 0 Å². The maximum absolute atomic E-state index is 11.9. The summed E-state index contributed by atoms with van der Waals surface area (Å²) in [7, 11) is 1.71. The van der Waals surface area contributed by atoms with Crippen molar-refractivity contribution in [3.63, 3.8) is 0 Å². The van der Waals surface area contributed by atoms with E-state index in [1.807, 2.05) is 0 Å². The van der Waals surface area contributed by atoms with Crippen molar-refractivity contribution in [1.82, 2.24) is 20.7 Å². The Morgan fingerprint density at radius 2 is 2.15 bits per heavy atom. The van der Waals surface area contributed by atoms with Crippen LogP contribution in [0.4, 0.5) is 0 Å². The molecule has 1 fully saturated rings. The summed E-state index contributed by atoms with van der Waals surface area (Å²) < 4.78 is 0. The molecular formula is C13H16N4O3. The van der Waals surface area contributed by atoms with E-state index in [0.29, 0.717) is 13.0 Å². The van der Waals surface area contributed by atoms with Gasteiger partial charge in [-0.25, -0.2) is 0 Å². The van der Waals surface area contributed by atoms with E-state index < -0.39 is 11.8 Å². The summed E-state index contributed by atoms with van der Waals surface area (Å²) in [5.74, 6) is -1.30. The van der Waals surface area contributed by atoms with Crippen LogP contribution in [0.5, 0.6) is 0 Å². The van der Waals surface area contributed by atoms with Gasteiger partial charge in [0.25, 0.3) is 5.91 Å². The molecule has 2 rings (SSSR count). The summed E-state index contributed by atoms with van der Waals surface area (Å²) in [6, 6.07) is 4.92. The second kappa shape index (κ2) is 6.14. The Labute approximate surface area is 116 Å². The Morgan fingerprint density at radius 1 is 1.35 bits per heavy atom. The number of carbonyl (C=O) groups excluding carboxylic acids is 3. The van der Waals surface area contributed by atoms with Crippen LogP contribution in [-0.4, -0.2) is 41.2 Å². The number of likely N-dealkylation sites (tertiary alicyclic amines) is 1. The third kappa shape index (κ3) is 3.31. The highest BCUT2D eigenvalue weighted by atomic mass is 16.2. The Hall–Kier alpha value is -2.44. The minimum absolute atomic E-state index is 0.0625. The van der Waals surface area contributed by atoms with Crippen LogP contribution in [0, 0.1) is 5.92 Å². The van der Waals surface area contributed by atoms with Crippen molar-refractivity contribution in [2.45, 2.75) is 12.8 Å². The predicted molar refractivity (Wildman–Crippen MR) is 70.2 cm³/mol. The zero-order valence-electron chi connectivity index (χ0n) is 11.1. The second-order valence-corrected chi connectivity index (χ2v) is 4.66. The van der Waals surface area contributed by atoms with Crippen molar-refractivity contribution in [3.05, 3.63) is 30.1 Å². The number of pyridine rings is 1. The van der Waals surface area contributed by atoms with E-state index in [4.69, 9.17) is 0 Å². The lowest BCUT2D eigenvalue weighted by Crippen LogP contribution is -2.48. The lowest BCUT2D eigenvalue weighted by molar-refractivity contribution is -0.139. The van der Waals surface area contributed by atoms with Gasteiger partial charge in [0.1, 0.15) is 5.69 Å². The normalized spacial score (nSPS) is 18.6. The van der Waals surface area contributed by atoms with Gasteiger partial charge < -0.3 is 4.90 Å². The molecule has 106 valence electrons. The first-order valence-electron chi connectivity index (χ1n) is 6.33. The van der Waals surface area contributed by atoms with E-state index >= 15 is 0 Å². The number of amides is 3. The topological polar surface area (TPSA) is 91.4 Å². The van der Waals surface area contributed by atoms with Gasteiger partial charge >= 0.3 is 0 Å². The Balaban J connectivity index is 1.84. The first kappa shape index (κ1) is 14.0. The van der Waals surface area contributed by atoms with Gasteiger partial charge in [0.15, 0.2) is 0 Å². The van der Waals surface area contributed by atoms with Gasteiger partial charge in [-0.15, -0.1) is 0 Å². The van der Waals surface area contributed by atoms with E-state index in [1.54, 1.807) is 30.1 Å². The molecule has 0 unspecified atom stereocenters. The molecular weight excluding hydrogens is 260 g/mol. The summed E-state index contributed by atoms with van der Waals surface area (Å²) in [4.78, 5) is 40.5. The Bertz CT molecular complexity index is 518. The third-order valence-electron chi connectivity index (χ3n) is 3.23. The number of aromatic nitrogens is 1. The molecule has 1 aliphatic heterocycles. The highest BCUT2D eigenvalue weighted by Crippen LogP contribution is 2.16. The number of rotatable bonds is 2. The van der Waals surface area contributed by atoms with Gasteiger partial charge in [-0.1, -0.05) is 6.07 Å². The van der Waals surface area contributed by atoms with Crippen LogP contribution in [0.15, 0.2) is 24.4 Å². The standard InChI is InChI=1S/C13H16N4O3/c1-17-7-5-9(8-11(17)18)12(19)15-16-13(20)10-4-2-3-6-14-10/h2-4,6,9H,5,7-8H2,1H3,(H,15,19)(H,16,20)/t9-/m0/s1. The van der Waals surface area contributed by atoms with Crippen LogP contribution in [0.3, 0.4) is 0 Å². The summed E-state index contributed by atoms with van der Waals surface area (Å²) in [5.41, 5.74) is 4.85. The first-order valence-corrected chi connectivity index (χ1v) is 6.33. The summed E-state index contributed by atoms with van der Waals surface area (Å²) in [6.07, 6.45) is 2.25. The molecule has 0 saturated carbocycles. The minimum Gasteiger partial charge on any atom is -0.346 e. The van der Waals surface area contributed by atoms with Crippen molar-refractivity contribution >= 4 is 17.7 Å². The quantitative estimate of drug-likeness (QED) is 0.726. The van der Waals surface area contributed by atoms with Gasteiger partial charge in [0.05, 0.1) is 5.92 Å². The maximum Gasteiger partial charge on any atom is 0.288 e. The maximum atomic E-state index is 11.9. The Morgan fingerprint density at radius 3 is 2.80 bits per heavy atom. The molecule has 1 atom stereocenters. The fourth-order valence-electron chi connectivity index (χ4n) is 1.95. The van der Waals surface area contributed by atoms with Crippen LogP contribution in [0.1, 0.15) is 23.3 Å². The lowest BCUT2D eigenvalue weighted by Gasteiger charge is -2.27. The van der Waals surface area contributed by atoms with Crippen molar-refractivity contribution in [2.75, 3.05) is 13.6 Å². The van der Waals surface area contributed by atoms with Gasteiger partial charge in [-0.05, 0) is 18.6 Å². The molecule has 7 heteroatoms. The number of carbonyl (C=O) groups is 3. The minimum atomic E-state index is -0.488. The van der Waals surface area contributed by atoms with Crippen LogP contribution in [-0.2, 0) is 9.59 Å². The van der Waals surface area contributed by atoms with Crippen molar-refractivity contribution in [3.8, 4) is 0 Å². The molecule has 1 aromatic rings. The molecule has 0 radical (unpaired) electrons. The Kier molecular flexibility index (Phi) is 4.29. The molecule has 1 saturated heterocycles. The van der Waals surface area contributed by atoms with Crippen LogP contribution < -0.4 is 10.9 Å². The van der Waals surface area contributed by atoms with E-state index in [-0.39, 0.29) is 23.9 Å². The average Bonchev–Trinajstić information content (AvgIpc) is 2.48. The molecule has 0 aromatic carbocycles. The predicted octanol–water partition coefficient (Wildman–Crippen LogP) is -0.289. The fraction of sp³-hybridized carbons (Fsp3) is 0.385. The number of nitrogens with zero attached hydrogens (tertiary/aromatic N) is 2. The van der Waals surface area contributed by atoms with E-state index in [0.717, 1.165) is 0 Å². The van der Waals surface area contributed by atoms with Crippen molar-refractivity contribution in [2.24, 2.45) is 5.92 Å². The zero-order valence-corrected chi connectivity index (χ0v) is 11.1. The SMILES string of the molecule is CN1CC[C@H](C(=O)NNC(=O)c2ccccn2)CC1=O. The molecule has 0 bridgehead atoms. The molecule has 3 amide bonds. The molecule has 1 aliphatic rings. The van der Waals surface area contributed by atoms with Crippen molar-refractivity contribution in [1.29, 1.82) is 0 Å². The second-order valence-electron chi connectivity index (χ2n) is 4.66. The molecule has 2 N–H and O–H groups in total. The first-order chi connectivity index (χ1) is 9.58. The van der Waals surface area contributed by atoms with Crippen LogP contribution in [0.25, 0.3) is 0 Å². The smallest absolute Gasteiger partial charge is 0.288 e. The summed E-state index contributed by atoms with van der Waals surface area (Å²) in [5, 5.41) is 0. The van der Waals surface area contributed by atoms with Crippen LogP contribution >= 0.6 is 0 Å². The number of nitrogens with one attached hydrogen (secondary N) is 2. The lowest BCUT2D eigenvalue weighted by atomic mass is 9.96. The zero-order chi connectivity index (χ0) is 14.5. The highest BCUT2D eigenvalue weighted by Gasteiger charge is 2.28. The molecule has 1 aromatic heterocycles. The number of piperidine rings is 1. The van der Waals surface area contributed by atoms with Gasteiger partial charge in [-0.2, -0.15) is 0 Å². The molecule has 2 heterocycles. The highest BCUT2D eigenvalue weighted by molar-refractivity contribution is 5.94. The summed E-state index contributed by atoms with van der Waals surface area (Å²) in [6.45, 7) is 0.547. The van der Waals surface area contributed by atoms with E-state index in [9.17, 15) is 14.4 Å².